The van der Waals surface area contributed by atoms with Crippen molar-refractivity contribution in [1.29, 1.82) is 0 Å². The number of aromatic hydroxyl groups is 1. The van der Waals surface area contributed by atoms with Crippen LogP contribution in [-0.4, -0.2) is 29.9 Å². The molecule has 6 nitrogen and oxygen atoms in total. The summed E-state index contributed by atoms with van der Waals surface area (Å²) in [4.78, 5) is 12.0. The van der Waals surface area contributed by atoms with Crippen LogP contribution in [0.25, 0.3) is 0 Å². The Kier molecular flexibility index (Phi) is 4.65. The van der Waals surface area contributed by atoms with Crippen LogP contribution in [0.15, 0.2) is 47.6 Å². The first kappa shape index (κ1) is 15.6. The number of halogens is 1. The Hall–Kier alpha value is -2.29. The molecular formula is C16H13IN2O4. The number of ether oxygens (including phenoxy) is 2. The molecule has 1 amide bonds. The van der Waals surface area contributed by atoms with E-state index in [0.29, 0.717) is 15.1 Å². The van der Waals surface area contributed by atoms with Crippen LogP contribution >= 0.6 is 22.6 Å². The van der Waals surface area contributed by atoms with Crippen LogP contribution < -0.4 is 14.9 Å². The molecule has 1 heterocycles. The largest absolute Gasteiger partial charge is 0.507 e. The Morgan fingerprint density at radius 3 is 2.87 bits per heavy atom. The second-order valence-corrected chi connectivity index (χ2v) is 5.97. The second kappa shape index (κ2) is 6.86. The summed E-state index contributed by atoms with van der Waals surface area (Å²) in [7, 11) is 0. The maximum absolute atomic E-state index is 12.0. The van der Waals surface area contributed by atoms with E-state index in [0.717, 1.165) is 5.56 Å². The summed E-state index contributed by atoms with van der Waals surface area (Å²) in [5.74, 6) is 0.983. The molecule has 0 bridgehead atoms. The number of para-hydroxylation sites is 2. The third-order valence-electron chi connectivity index (χ3n) is 3.16. The lowest BCUT2D eigenvalue weighted by molar-refractivity contribution is -0.130. The minimum atomic E-state index is -0.748. The molecule has 23 heavy (non-hydrogen) atoms. The molecule has 0 unspecified atom stereocenters. The lowest BCUT2D eigenvalue weighted by Gasteiger charge is -2.24. The zero-order valence-corrected chi connectivity index (χ0v) is 14.1. The van der Waals surface area contributed by atoms with Gasteiger partial charge >= 0.3 is 0 Å². The molecule has 7 heteroatoms. The van der Waals surface area contributed by atoms with Crippen molar-refractivity contribution < 1.29 is 19.4 Å². The van der Waals surface area contributed by atoms with Crippen molar-refractivity contribution >= 4 is 34.7 Å². The fraction of sp³-hybridized carbons (Fsp3) is 0.125. The van der Waals surface area contributed by atoms with Gasteiger partial charge in [0.2, 0.25) is 6.10 Å². The van der Waals surface area contributed by atoms with Gasteiger partial charge in [0, 0.05) is 0 Å². The molecular weight excluding hydrogens is 411 g/mol. The molecule has 1 aliphatic rings. The highest BCUT2D eigenvalue weighted by atomic mass is 127. The van der Waals surface area contributed by atoms with Crippen LogP contribution in [0.1, 0.15) is 5.56 Å². The van der Waals surface area contributed by atoms with Gasteiger partial charge in [0.1, 0.15) is 12.4 Å². The Labute approximate surface area is 146 Å². The Balaban J connectivity index is 1.59. The number of benzene rings is 2. The van der Waals surface area contributed by atoms with Crippen LogP contribution in [0.2, 0.25) is 0 Å². The van der Waals surface area contributed by atoms with E-state index >= 15 is 0 Å². The van der Waals surface area contributed by atoms with Gasteiger partial charge in [-0.15, -0.1) is 0 Å². The topological polar surface area (TPSA) is 80.2 Å². The SMILES string of the molecule is O=C(N/N=C/c1ccc(O)c(I)c1)[C@@H]1COc2ccccc2O1. The van der Waals surface area contributed by atoms with Crippen molar-refractivity contribution in [2.75, 3.05) is 6.61 Å². The number of fused-ring (bicyclic) bond motifs is 1. The first-order valence-electron chi connectivity index (χ1n) is 6.83. The van der Waals surface area contributed by atoms with E-state index in [2.05, 4.69) is 10.5 Å². The van der Waals surface area contributed by atoms with Gasteiger partial charge in [0.15, 0.2) is 11.5 Å². The van der Waals surface area contributed by atoms with Crippen molar-refractivity contribution in [3.8, 4) is 17.2 Å². The third kappa shape index (κ3) is 3.73. The number of carbonyl (C=O) groups is 1. The summed E-state index contributed by atoms with van der Waals surface area (Å²) in [5, 5.41) is 13.4. The van der Waals surface area contributed by atoms with E-state index in [9.17, 15) is 9.90 Å². The van der Waals surface area contributed by atoms with E-state index in [1.165, 1.54) is 6.21 Å². The number of hydrogen-bond acceptors (Lipinski definition) is 5. The van der Waals surface area contributed by atoms with Crippen molar-refractivity contribution in [2.45, 2.75) is 6.10 Å². The lowest BCUT2D eigenvalue weighted by Crippen LogP contribution is -2.42. The monoisotopic (exact) mass is 424 g/mol. The number of nitrogens with one attached hydrogen (secondary N) is 1. The quantitative estimate of drug-likeness (QED) is 0.450. The number of phenols is 1. The van der Waals surface area contributed by atoms with Crippen molar-refractivity contribution in [3.63, 3.8) is 0 Å². The number of hydrazone groups is 1. The minimum absolute atomic E-state index is 0.134. The average molecular weight is 424 g/mol. The summed E-state index contributed by atoms with van der Waals surface area (Å²) >= 11 is 2.02. The number of carbonyl (C=O) groups excluding carboxylic acids is 1. The highest BCUT2D eigenvalue weighted by Crippen LogP contribution is 2.30. The number of hydrogen-bond donors (Lipinski definition) is 2. The van der Waals surface area contributed by atoms with Gasteiger partial charge in [0.25, 0.3) is 5.91 Å². The molecule has 1 aliphatic heterocycles. The number of nitrogens with zero attached hydrogens (tertiary/aromatic N) is 1. The normalized spacial score (nSPS) is 16.3. The molecule has 0 aliphatic carbocycles. The summed E-state index contributed by atoms with van der Waals surface area (Å²) in [5.41, 5.74) is 3.19. The highest BCUT2D eigenvalue weighted by Gasteiger charge is 2.26. The molecule has 2 aromatic carbocycles. The first-order chi connectivity index (χ1) is 11.1. The maximum Gasteiger partial charge on any atom is 0.284 e. The van der Waals surface area contributed by atoms with E-state index < -0.39 is 6.10 Å². The fourth-order valence-corrected chi connectivity index (χ4v) is 2.53. The molecule has 0 spiro atoms. The molecule has 0 radical (unpaired) electrons. The Bertz CT molecular complexity index is 763. The van der Waals surface area contributed by atoms with Crippen LogP contribution in [-0.2, 0) is 4.79 Å². The summed E-state index contributed by atoms with van der Waals surface area (Å²) in [6.07, 6.45) is 0.749. The van der Waals surface area contributed by atoms with E-state index in [1.807, 2.05) is 34.7 Å². The van der Waals surface area contributed by atoms with Gasteiger partial charge in [-0.2, -0.15) is 5.10 Å². The van der Waals surface area contributed by atoms with Crippen LogP contribution in [0, 0.1) is 3.57 Å². The minimum Gasteiger partial charge on any atom is -0.507 e. The zero-order valence-electron chi connectivity index (χ0n) is 11.9. The molecule has 2 aromatic rings. The van der Waals surface area contributed by atoms with E-state index in [4.69, 9.17) is 9.47 Å². The number of rotatable bonds is 3. The van der Waals surface area contributed by atoms with Gasteiger partial charge in [-0.05, 0) is 58.5 Å². The fourth-order valence-electron chi connectivity index (χ4n) is 1.99. The van der Waals surface area contributed by atoms with Crippen molar-refractivity contribution in [3.05, 3.63) is 51.6 Å². The van der Waals surface area contributed by atoms with Crippen LogP contribution in [0.3, 0.4) is 0 Å². The standard InChI is InChI=1S/C16H13IN2O4/c17-11-7-10(5-6-12(11)20)8-18-19-16(21)15-9-22-13-3-1-2-4-14(13)23-15/h1-8,15,20H,9H2,(H,19,21)/b18-8+/t15-/m0/s1. The average Bonchev–Trinajstić information content (AvgIpc) is 2.57. The molecule has 0 saturated carbocycles. The van der Waals surface area contributed by atoms with E-state index in [-0.39, 0.29) is 18.3 Å². The lowest BCUT2D eigenvalue weighted by atomic mass is 10.2. The third-order valence-corrected chi connectivity index (χ3v) is 4.03. The zero-order chi connectivity index (χ0) is 16.2. The Morgan fingerprint density at radius 2 is 2.09 bits per heavy atom. The van der Waals surface area contributed by atoms with Crippen molar-refractivity contribution in [2.24, 2.45) is 5.10 Å². The van der Waals surface area contributed by atoms with Gasteiger partial charge in [-0.3, -0.25) is 4.79 Å². The predicted molar refractivity (Wildman–Crippen MR) is 92.9 cm³/mol. The molecule has 3 rings (SSSR count). The number of amides is 1. The highest BCUT2D eigenvalue weighted by molar-refractivity contribution is 14.1. The molecule has 118 valence electrons. The smallest absolute Gasteiger partial charge is 0.284 e. The van der Waals surface area contributed by atoms with Gasteiger partial charge in [0.05, 0.1) is 9.78 Å². The molecule has 0 fully saturated rings. The predicted octanol–water partition coefficient (Wildman–Crippen LogP) is 2.29. The van der Waals surface area contributed by atoms with Gasteiger partial charge in [-0.1, -0.05) is 12.1 Å². The van der Waals surface area contributed by atoms with Gasteiger partial charge < -0.3 is 14.6 Å². The summed E-state index contributed by atoms with van der Waals surface area (Å²) < 4.78 is 11.8. The molecule has 1 atom stereocenters. The second-order valence-electron chi connectivity index (χ2n) is 4.81. The van der Waals surface area contributed by atoms with Gasteiger partial charge in [-0.25, -0.2) is 5.43 Å². The Morgan fingerprint density at radius 1 is 1.30 bits per heavy atom. The van der Waals surface area contributed by atoms with Crippen LogP contribution in [0.4, 0.5) is 0 Å². The molecule has 2 N–H and O–H groups in total. The van der Waals surface area contributed by atoms with Crippen molar-refractivity contribution in [1.82, 2.24) is 5.43 Å². The first-order valence-corrected chi connectivity index (χ1v) is 7.91. The summed E-state index contributed by atoms with van der Waals surface area (Å²) in [6.45, 7) is 0.134. The summed E-state index contributed by atoms with van der Waals surface area (Å²) in [6, 6.07) is 12.2. The maximum atomic E-state index is 12.0. The van der Waals surface area contributed by atoms with E-state index in [1.54, 1.807) is 30.3 Å². The van der Waals surface area contributed by atoms with Crippen LogP contribution in [0.5, 0.6) is 17.2 Å². The molecule has 0 aromatic heterocycles. The number of phenolic OH excluding ortho intramolecular Hbond substituents is 1. The molecule has 0 saturated heterocycles.